The van der Waals surface area contributed by atoms with E-state index in [0.717, 1.165) is 41.2 Å². The maximum atomic E-state index is 12.9. The highest BCUT2D eigenvalue weighted by Crippen LogP contribution is 2.37. The molecule has 0 bridgehead atoms. The number of allylic oxidation sites excluding steroid dienone is 1. The molecule has 0 saturated carbocycles. The number of guanidine groups is 1. The molecule has 2 N–H and O–H groups in total. The Labute approximate surface area is 212 Å². The smallest absolute Gasteiger partial charge is 0.253 e. The molecule has 2 aromatic rings. The topological polar surface area (TPSA) is 96.5 Å². The molecule has 36 heavy (non-hydrogen) atoms. The van der Waals surface area contributed by atoms with Crippen molar-refractivity contribution in [1.29, 1.82) is 0 Å². The van der Waals surface area contributed by atoms with Gasteiger partial charge >= 0.3 is 0 Å². The third-order valence-electron chi connectivity index (χ3n) is 6.42. The number of aliphatic imine (C=N–C) groups is 1. The van der Waals surface area contributed by atoms with Gasteiger partial charge in [-0.2, -0.15) is 4.99 Å². The Hall–Kier alpha value is -3.69. The number of methoxy groups -OCH3 is 1. The van der Waals surface area contributed by atoms with Crippen molar-refractivity contribution in [3.05, 3.63) is 77.9 Å². The minimum atomic E-state index is -0.0612. The standard InChI is InChI=1S/C27H34N6O3/c1-20(21-6-4-7-22(18-21)26(34)31(2)12-15-35-3)24-9-11-33(23-8-5-10-29-19-23)25(24)30-27(28)32-13-16-36-17-14-32/h4-8,10,18-19H,1,9,11-17H2,2-3H3,(H2,28,30). The molecule has 9 nitrogen and oxygen atoms in total. The van der Waals surface area contributed by atoms with Crippen molar-refractivity contribution in [1.82, 2.24) is 14.8 Å². The summed E-state index contributed by atoms with van der Waals surface area (Å²) in [7, 11) is 3.40. The lowest BCUT2D eigenvalue weighted by atomic mass is 9.96. The molecular formula is C27H34N6O3. The predicted molar refractivity (Wildman–Crippen MR) is 142 cm³/mol. The van der Waals surface area contributed by atoms with Gasteiger partial charge in [-0.1, -0.05) is 18.7 Å². The lowest BCUT2D eigenvalue weighted by molar-refractivity contribution is 0.0675. The summed E-state index contributed by atoms with van der Waals surface area (Å²) in [5.41, 5.74) is 10.7. The zero-order valence-electron chi connectivity index (χ0n) is 21.0. The van der Waals surface area contributed by atoms with Gasteiger partial charge in [0.1, 0.15) is 5.82 Å². The van der Waals surface area contributed by atoms with Crippen LogP contribution in [0.4, 0.5) is 5.69 Å². The van der Waals surface area contributed by atoms with Gasteiger partial charge in [0.25, 0.3) is 5.91 Å². The Morgan fingerprint density at radius 3 is 2.72 bits per heavy atom. The van der Waals surface area contributed by atoms with Gasteiger partial charge in [-0.15, -0.1) is 0 Å². The molecule has 1 saturated heterocycles. The van der Waals surface area contributed by atoms with Crippen molar-refractivity contribution in [3.8, 4) is 0 Å². The second kappa shape index (κ2) is 11.8. The van der Waals surface area contributed by atoms with E-state index in [0.29, 0.717) is 51.0 Å². The number of nitrogens with two attached hydrogens (primary N) is 1. The van der Waals surface area contributed by atoms with Gasteiger partial charge < -0.3 is 29.9 Å². The normalized spacial score (nSPS) is 16.4. The minimum Gasteiger partial charge on any atom is -0.383 e. The number of rotatable bonds is 8. The van der Waals surface area contributed by atoms with Crippen LogP contribution in [0.5, 0.6) is 0 Å². The molecule has 0 unspecified atom stereocenters. The largest absolute Gasteiger partial charge is 0.383 e. The van der Waals surface area contributed by atoms with Crippen molar-refractivity contribution in [2.75, 3.05) is 65.1 Å². The fraction of sp³-hybridized carbons (Fsp3) is 0.370. The van der Waals surface area contributed by atoms with E-state index in [4.69, 9.17) is 20.2 Å². The van der Waals surface area contributed by atoms with Gasteiger partial charge in [-0.3, -0.25) is 9.78 Å². The van der Waals surface area contributed by atoms with Crippen molar-refractivity contribution >= 4 is 23.1 Å². The van der Waals surface area contributed by atoms with Crippen LogP contribution >= 0.6 is 0 Å². The maximum Gasteiger partial charge on any atom is 0.253 e. The summed E-state index contributed by atoms with van der Waals surface area (Å²) in [6.45, 7) is 8.80. The molecule has 0 aliphatic carbocycles. The summed E-state index contributed by atoms with van der Waals surface area (Å²) in [6, 6.07) is 11.5. The quantitative estimate of drug-likeness (QED) is 0.449. The van der Waals surface area contributed by atoms with Crippen molar-refractivity contribution < 1.29 is 14.3 Å². The van der Waals surface area contributed by atoms with E-state index in [1.165, 1.54) is 0 Å². The van der Waals surface area contributed by atoms with Crippen LogP contribution in [0.15, 0.2) is 71.8 Å². The van der Waals surface area contributed by atoms with Crippen LogP contribution in [0.2, 0.25) is 0 Å². The van der Waals surface area contributed by atoms with Gasteiger partial charge in [-0.05, 0) is 41.8 Å². The molecule has 3 heterocycles. The lowest BCUT2D eigenvalue weighted by Gasteiger charge is -2.28. The van der Waals surface area contributed by atoms with Crippen molar-refractivity contribution in [3.63, 3.8) is 0 Å². The number of amides is 1. The molecule has 9 heteroatoms. The van der Waals surface area contributed by atoms with Gasteiger partial charge in [0, 0.05) is 57.7 Å². The number of anilines is 1. The number of hydrogen-bond acceptors (Lipinski definition) is 6. The zero-order valence-corrected chi connectivity index (χ0v) is 21.0. The molecule has 1 aromatic carbocycles. The summed E-state index contributed by atoms with van der Waals surface area (Å²) >= 11 is 0. The number of hydrogen-bond donors (Lipinski definition) is 1. The third kappa shape index (κ3) is 5.75. The number of likely N-dealkylation sites (N-methyl/N-ethyl adjacent to an activating group) is 1. The Kier molecular flexibility index (Phi) is 8.35. The summed E-state index contributed by atoms with van der Waals surface area (Å²) in [5, 5.41) is 0. The van der Waals surface area contributed by atoms with E-state index in [1.807, 2.05) is 47.5 Å². The first-order chi connectivity index (χ1) is 17.5. The highest BCUT2D eigenvalue weighted by Gasteiger charge is 2.27. The van der Waals surface area contributed by atoms with Crippen LogP contribution in [-0.2, 0) is 9.47 Å². The monoisotopic (exact) mass is 490 g/mol. The van der Waals surface area contributed by atoms with E-state index in [9.17, 15) is 4.79 Å². The number of nitrogens with zero attached hydrogens (tertiary/aromatic N) is 5. The number of benzene rings is 1. The number of ether oxygens (including phenoxy) is 2. The van der Waals surface area contributed by atoms with Gasteiger partial charge in [-0.25, -0.2) is 0 Å². The SMILES string of the molecule is C=C(C1=C(N=C(N)N2CCOCC2)N(c2cccnc2)CC1)c1cccc(C(=O)N(C)CCOC)c1. The number of morpholine rings is 1. The fourth-order valence-electron chi connectivity index (χ4n) is 4.32. The molecule has 190 valence electrons. The molecule has 0 spiro atoms. The second-order valence-corrected chi connectivity index (χ2v) is 8.76. The van der Waals surface area contributed by atoms with Crippen LogP contribution in [0.25, 0.3) is 5.57 Å². The van der Waals surface area contributed by atoms with Crippen molar-refractivity contribution in [2.24, 2.45) is 10.7 Å². The second-order valence-electron chi connectivity index (χ2n) is 8.76. The predicted octanol–water partition coefficient (Wildman–Crippen LogP) is 2.58. The molecule has 0 atom stereocenters. The molecule has 2 aliphatic rings. The summed E-state index contributed by atoms with van der Waals surface area (Å²) in [5.74, 6) is 1.15. The molecule has 2 aliphatic heterocycles. The van der Waals surface area contributed by atoms with E-state index in [-0.39, 0.29) is 5.91 Å². The highest BCUT2D eigenvalue weighted by atomic mass is 16.5. The Morgan fingerprint density at radius 1 is 1.22 bits per heavy atom. The molecule has 4 rings (SSSR count). The van der Waals surface area contributed by atoms with Gasteiger partial charge in [0.15, 0.2) is 5.96 Å². The van der Waals surface area contributed by atoms with Crippen LogP contribution in [0.1, 0.15) is 22.3 Å². The lowest BCUT2D eigenvalue weighted by Crippen LogP contribution is -2.45. The summed E-state index contributed by atoms with van der Waals surface area (Å²) < 4.78 is 10.6. The summed E-state index contributed by atoms with van der Waals surface area (Å²) in [6.07, 6.45) is 4.32. The van der Waals surface area contributed by atoms with E-state index >= 15 is 0 Å². The number of aromatic nitrogens is 1. The molecule has 1 amide bonds. The van der Waals surface area contributed by atoms with E-state index in [1.54, 1.807) is 25.3 Å². The van der Waals surface area contributed by atoms with Gasteiger partial charge in [0.2, 0.25) is 0 Å². The average Bonchev–Trinajstić information content (AvgIpc) is 3.35. The maximum absolute atomic E-state index is 12.9. The van der Waals surface area contributed by atoms with Gasteiger partial charge in [0.05, 0.1) is 31.7 Å². The summed E-state index contributed by atoms with van der Waals surface area (Å²) in [4.78, 5) is 27.9. The minimum absolute atomic E-state index is 0.0612. The van der Waals surface area contributed by atoms with Crippen LogP contribution in [0, 0.1) is 0 Å². The van der Waals surface area contributed by atoms with Crippen LogP contribution in [0.3, 0.4) is 0 Å². The first-order valence-electron chi connectivity index (χ1n) is 12.1. The Bertz CT molecular complexity index is 1140. The van der Waals surface area contributed by atoms with E-state index in [2.05, 4.69) is 16.5 Å². The molecular weight excluding hydrogens is 456 g/mol. The first-order valence-corrected chi connectivity index (χ1v) is 12.1. The third-order valence-corrected chi connectivity index (χ3v) is 6.42. The fourth-order valence-corrected chi connectivity index (χ4v) is 4.32. The Morgan fingerprint density at radius 2 is 2.00 bits per heavy atom. The average molecular weight is 491 g/mol. The van der Waals surface area contributed by atoms with Crippen LogP contribution in [-0.4, -0.2) is 86.8 Å². The number of carbonyl (C=O) groups is 1. The molecule has 1 fully saturated rings. The number of carbonyl (C=O) groups excluding carboxylic acids is 1. The molecule has 0 radical (unpaired) electrons. The van der Waals surface area contributed by atoms with E-state index < -0.39 is 0 Å². The molecule has 1 aromatic heterocycles. The number of pyridine rings is 1. The van der Waals surface area contributed by atoms with Crippen LogP contribution < -0.4 is 10.6 Å². The first kappa shape index (κ1) is 25.4. The zero-order chi connectivity index (χ0) is 25.5. The highest BCUT2D eigenvalue weighted by molar-refractivity contribution is 5.95. The Balaban J connectivity index is 1.68. The van der Waals surface area contributed by atoms with Crippen molar-refractivity contribution in [2.45, 2.75) is 6.42 Å².